The molecule has 164 valence electrons. The number of aromatic nitrogens is 1. The van der Waals surface area contributed by atoms with E-state index in [-0.39, 0.29) is 6.61 Å². The van der Waals surface area contributed by atoms with Crippen molar-refractivity contribution in [2.75, 3.05) is 6.61 Å². The van der Waals surface area contributed by atoms with Gasteiger partial charge < -0.3 is 15.5 Å². The molecule has 0 saturated heterocycles. The topological polar surface area (TPSA) is 68.1 Å². The van der Waals surface area contributed by atoms with Gasteiger partial charge in [0.05, 0.1) is 5.56 Å². The van der Waals surface area contributed by atoms with Gasteiger partial charge in [0.15, 0.2) is 0 Å². The molecule has 4 aromatic rings. The molecular formula is C27H27ClN2O2. The number of nitrogens with two attached hydrogens (primary N) is 1. The van der Waals surface area contributed by atoms with E-state index >= 15 is 0 Å². The van der Waals surface area contributed by atoms with E-state index in [1.54, 1.807) is 6.07 Å². The fourth-order valence-electron chi connectivity index (χ4n) is 4.07. The van der Waals surface area contributed by atoms with Crippen LogP contribution in [-0.2, 0) is 0 Å². The predicted molar refractivity (Wildman–Crippen MR) is 134 cm³/mol. The monoisotopic (exact) mass is 446 g/mol. The molecule has 0 aliphatic rings. The van der Waals surface area contributed by atoms with Crippen LogP contribution in [0.3, 0.4) is 0 Å². The molecule has 5 heteroatoms. The molecule has 0 spiro atoms. The normalized spacial score (nSPS) is 12.2. The lowest BCUT2D eigenvalue weighted by molar-refractivity contribution is 0.0997. The largest absolute Gasteiger partial charge is 0.488 e. The fourth-order valence-corrected chi connectivity index (χ4v) is 4.35. The Morgan fingerprint density at radius 3 is 2.66 bits per heavy atom. The van der Waals surface area contributed by atoms with E-state index < -0.39 is 5.91 Å². The Morgan fingerprint density at radius 1 is 1.16 bits per heavy atom. The number of rotatable bonds is 7. The second-order valence-corrected chi connectivity index (χ2v) is 8.80. The SMILES string of the molecule is C=C(COc1cc2c(C)cc(Cl)cc2cc1C(N)=O)c1c[nH]c2cc(C(C)CC)ccc12. The van der Waals surface area contributed by atoms with Crippen molar-refractivity contribution in [3.63, 3.8) is 0 Å². The van der Waals surface area contributed by atoms with Crippen molar-refractivity contribution < 1.29 is 9.53 Å². The van der Waals surface area contributed by atoms with Crippen molar-refractivity contribution in [2.24, 2.45) is 5.73 Å². The number of carbonyl (C=O) groups is 1. The molecule has 1 amide bonds. The Morgan fingerprint density at radius 2 is 1.94 bits per heavy atom. The third-order valence-electron chi connectivity index (χ3n) is 6.16. The molecule has 32 heavy (non-hydrogen) atoms. The van der Waals surface area contributed by atoms with E-state index in [1.165, 1.54) is 5.56 Å². The minimum absolute atomic E-state index is 0.235. The third-order valence-corrected chi connectivity index (χ3v) is 6.38. The number of H-pyrrole nitrogens is 1. The van der Waals surface area contributed by atoms with Gasteiger partial charge >= 0.3 is 0 Å². The van der Waals surface area contributed by atoms with Crippen LogP contribution in [0.4, 0.5) is 0 Å². The molecule has 0 saturated carbocycles. The Bertz CT molecular complexity index is 1350. The van der Waals surface area contributed by atoms with Crippen molar-refractivity contribution >= 4 is 44.8 Å². The Hall–Kier alpha value is -3.24. The maximum Gasteiger partial charge on any atom is 0.252 e. The maximum atomic E-state index is 12.1. The lowest BCUT2D eigenvalue weighted by Gasteiger charge is -2.14. The van der Waals surface area contributed by atoms with Gasteiger partial charge in [0.1, 0.15) is 12.4 Å². The molecule has 0 aliphatic carbocycles. The quantitative estimate of drug-likeness (QED) is 0.321. The van der Waals surface area contributed by atoms with E-state index in [1.807, 2.05) is 31.3 Å². The predicted octanol–water partition coefficient (Wildman–Crippen LogP) is 6.99. The number of ether oxygens (including phenoxy) is 1. The maximum absolute atomic E-state index is 12.1. The summed E-state index contributed by atoms with van der Waals surface area (Å²) < 4.78 is 6.06. The number of hydrogen-bond donors (Lipinski definition) is 2. The van der Waals surface area contributed by atoms with Crippen LogP contribution in [0.1, 0.15) is 53.2 Å². The number of primary amides is 1. The number of nitrogens with one attached hydrogen (secondary N) is 1. The third kappa shape index (κ3) is 4.11. The molecular weight excluding hydrogens is 420 g/mol. The van der Waals surface area contributed by atoms with Crippen LogP contribution < -0.4 is 10.5 Å². The smallest absolute Gasteiger partial charge is 0.252 e. The van der Waals surface area contributed by atoms with Gasteiger partial charge in [0.25, 0.3) is 5.91 Å². The molecule has 4 nitrogen and oxygen atoms in total. The van der Waals surface area contributed by atoms with Crippen LogP contribution in [-0.4, -0.2) is 17.5 Å². The van der Waals surface area contributed by atoms with Crippen LogP contribution in [0.2, 0.25) is 5.02 Å². The summed E-state index contributed by atoms with van der Waals surface area (Å²) >= 11 is 6.18. The molecule has 1 heterocycles. The molecule has 0 bridgehead atoms. The van der Waals surface area contributed by atoms with E-state index in [0.717, 1.165) is 44.8 Å². The van der Waals surface area contributed by atoms with E-state index in [4.69, 9.17) is 22.1 Å². The molecule has 4 rings (SSSR count). The molecule has 0 fully saturated rings. The van der Waals surface area contributed by atoms with Gasteiger partial charge in [-0.1, -0.05) is 44.2 Å². The van der Waals surface area contributed by atoms with E-state index in [9.17, 15) is 4.79 Å². The van der Waals surface area contributed by atoms with Gasteiger partial charge in [-0.05, 0) is 77.1 Å². The van der Waals surface area contributed by atoms with Gasteiger partial charge in [-0.25, -0.2) is 0 Å². The van der Waals surface area contributed by atoms with E-state index in [0.29, 0.717) is 22.3 Å². The van der Waals surface area contributed by atoms with Gasteiger partial charge in [-0.3, -0.25) is 4.79 Å². The van der Waals surface area contributed by atoms with Gasteiger partial charge in [-0.2, -0.15) is 0 Å². The number of carbonyl (C=O) groups excluding carboxylic acids is 1. The Balaban J connectivity index is 1.62. The van der Waals surface area contributed by atoms with Gasteiger partial charge in [0, 0.05) is 27.7 Å². The zero-order valence-electron chi connectivity index (χ0n) is 18.6. The summed E-state index contributed by atoms with van der Waals surface area (Å²) in [5, 5.41) is 3.53. The van der Waals surface area contributed by atoms with Crippen LogP contribution in [0.5, 0.6) is 5.75 Å². The molecule has 0 radical (unpaired) electrons. The first-order valence-corrected chi connectivity index (χ1v) is 11.1. The molecule has 3 N–H and O–H groups in total. The van der Waals surface area contributed by atoms with Crippen molar-refractivity contribution in [3.05, 3.63) is 82.5 Å². The first-order valence-electron chi connectivity index (χ1n) is 10.7. The summed E-state index contributed by atoms with van der Waals surface area (Å²) in [6.45, 7) is 10.9. The standard InChI is InChI=1S/C27H27ClN2O2/c1-5-15(2)18-6-7-21-24(13-30-25(21)11-18)17(4)14-32-26-12-22-16(3)8-20(28)9-19(22)10-23(26)27(29)31/h6-13,15,30H,4-5,14H2,1-3H3,(H2,29,31). The number of aryl methyl sites for hydroxylation is 1. The molecule has 1 unspecified atom stereocenters. The summed E-state index contributed by atoms with van der Waals surface area (Å²) in [6.07, 6.45) is 3.05. The Labute approximate surface area is 193 Å². The number of halogens is 1. The van der Waals surface area contributed by atoms with Crippen LogP contribution in [0, 0.1) is 6.92 Å². The highest BCUT2D eigenvalue weighted by molar-refractivity contribution is 6.31. The lowest BCUT2D eigenvalue weighted by atomic mass is 9.96. The summed E-state index contributed by atoms with van der Waals surface area (Å²) in [5.41, 5.74) is 11.2. The fraction of sp³-hybridized carbons (Fsp3) is 0.222. The van der Waals surface area contributed by atoms with Crippen molar-refractivity contribution in [2.45, 2.75) is 33.1 Å². The second kappa shape index (κ2) is 8.71. The highest BCUT2D eigenvalue weighted by atomic mass is 35.5. The van der Waals surface area contributed by atoms with Crippen LogP contribution >= 0.6 is 11.6 Å². The number of aromatic amines is 1. The van der Waals surface area contributed by atoms with Crippen molar-refractivity contribution in [3.8, 4) is 5.75 Å². The van der Waals surface area contributed by atoms with Gasteiger partial charge in [0.2, 0.25) is 0 Å². The molecule has 3 aromatic carbocycles. The summed E-state index contributed by atoms with van der Waals surface area (Å²) in [6, 6.07) is 13.8. The van der Waals surface area contributed by atoms with Crippen molar-refractivity contribution in [1.82, 2.24) is 4.98 Å². The number of benzene rings is 3. The minimum atomic E-state index is -0.546. The van der Waals surface area contributed by atoms with Gasteiger partial charge in [-0.15, -0.1) is 0 Å². The minimum Gasteiger partial charge on any atom is -0.488 e. The zero-order chi connectivity index (χ0) is 23.0. The highest BCUT2D eigenvalue weighted by Crippen LogP contribution is 2.32. The molecule has 1 atom stereocenters. The summed E-state index contributed by atoms with van der Waals surface area (Å²) in [7, 11) is 0. The molecule has 0 aliphatic heterocycles. The lowest BCUT2D eigenvalue weighted by Crippen LogP contribution is -2.14. The van der Waals surface area contributed by atoms with Crippen LogP contribution in [0.15, 0.2) is 55.2 Å². The number of fused-ring (bicyclic) bond motifs is 2. The Kier molecular flexibility index (Phi) is 5.98. The molecule has 1 aromatic heterocycles. The number of amides is 1. The average Bonchev–Trinajstić information content (AvgIpc) is 3.19. The van der Waals surface area contributed by atoms with Crippen LogP contribution in [0.25, 0.3) is 27.2 Å². The van der Waals surface area contributed by atoms with Crippen molar-refractivity contribution in [1.29, 1.82) is 0 Å². The second-order valence-electron chi connectivity index (χ2n) is 8.37. The first kappa shape index (κ1) is 22.0. The first-order chi connectivity index (χ1) is 15.3. The van der Waals surface area contributed by atoms with E-state index in [2.05, 4.69) is 43.6 Å². The zero-order valence-corrected chi connectivity index (χ0v) is 19.3. The highest BCUT2D eigenvalue weighted by Gasteiger charge is 2.15. The summed E-state index contributed by atoms with van der Waals surface area (Å²) in [4.78, 5) is 15.4. The number of hydrogen-bond acceptors (Lipinski definition) is 2. The summed E-state index contributed by atoms with van der Waals surface area (Å²) in [5.74, 6) is 0.404. The average molecular weight is 447 g/mol.